The molecule has 0 spiro atoms. The summed E-state index contributed by atoms with van der Waals surface area (Å²) in [4.78, 5) is 0. The summed E-state index contributed by atoms with van der Waals surface area (Å²) in [5.41, 5.74) is 6.86. The molecule has 0 fully saturated rings. The Labute approximate surface area is 184 Å². The van der Waals surface area contributed by atoms with Crippen molar-refractivity contribution in [3.8, 4) is 5.75 Å². The SMILES string of the molecule is COc1ccccc1C(O)c1cccc([N+]2(S(=O)(=O)CC(F)(F)F)C=C(CN)C=CC2)c1. The molecule has 0 bridgehead atoms. The number of rotatable bonds is 7. The number of hydrogen-bond acceptors (Lipinski definition) is 5. The van der Waals surface area contributed by atoms with Crippen LogP contribution < -0.4 is 14.4 Å². The van der Waals surface area contributed by atoms with E-state index < -0.39 is 31.9 Å². The van der Waals surface area contributed by atoms with E-state index in [0.29, 0.717) is 22.4 Å². The predicted octanol–water partition coefficient (Wildman–Crippen LogP) is 3.39. The van der Waals surface area contributed by atoms with E-state index in [9.17, 15) is 26.7 Å². The molecule has 0 aliphatic carbocycles. The molecule has 0 amide bonds. The molecule has 0 radical (unpaired) electrons. The van der Waals surface area contributed by atoms with Crippen LogP contribution in [-0.4, -0.2) is 45.7 Å². The van der Waals surface area contributed by atoms with Crippen LogP contribution in [0, 0.1) is 0 Å². The van der Waals surface area contributed by atoms with Gasteiger partial charge in [-0.2, -0.15) is 25.5 Å². The fourth-order valence-corrected chi connectivity index (χ4v) is 5.39. The van der Waals surface area contributed by atoms with Crippen molar-refractivity contribution in [1.29, 1.82) is 0 Å². The second-order valence-corrected chi connectivity index (χ2v) is 9.47. The van der Waals surface area contributed by atoms with Gasteiger partial charge in [0.15, 0.2) is 11.4 Å². The smallest absolute Gasteiger partial charge is 0.408 e. The number of sulfonamides is 1. The van der Waals surface area contributed by atoms with Crippen molar-refractivity contribution in [1.82, 2.24) is 3.89 Å². The van der Waals surface area contributed by atoms with Crippen LogP contribution in [0.3, 0.4) is 0 Å². The molecule has 1 aliphatic rings. The number of alkyl halides is 3. The van der Waals surface area contributed by atoms with E-state index in [1.165, 1.54) is 37.6 Å². The van der Waals surface area contributed by atoms with Crippen molar-refractivity contribution in [2.45, 2.75) is 12.3 Å². The monoisotopic (exact) mass is 469 g/mol. The average Bonchev–Trinajstić information content (AvgIpc) is 2.77. The molecule has 2 aromatic rings. The molecule has 3 N–H and O–H groups in total. The molecular weight excluding hydrogens is 445 g/mol. The maximum absolute atomic E-state index is 13.2. The van der Waals surface area contributed by atoms with E-state index >= 15 is 0 Å². The lowest BCUT2D eigenvalue weighted by Gasteiger charge is -2.35. The molecule has 6 nitrogen and oxygen atoms in total. The molecule has 1 heterocycles. The van der Waals surface area contributed by atoms with Crippen LogP contribution in [0.1, 0.15) is 17.2 Å². The third kappa shape index (κ3) is 4.73. The minimum atomic E-state index is -4.92. The summed E-state index contributed by atoms with van der Waals surface area (Å²) in [5.74, 6) is -1.58. The summed E-state index contributed by atoms with van der Waals surface area (Å²) in [6.07, 6.45) is -1.80. The van der Waals surface area contributed by atoms with Gasteiger partial charge in [-0.3, -0.25) is 0 Å². The number of hydrogen-bond donors (Lipinski definition) is 2. The van der Waals surface area contributed by atoms with Gasteiger partial charge < -0.3 is 15.6 Å². The fourth-order valence-electron chi connectivity index (χ4n) is 3.70. The molecule has 2 atom stereocenters. The van der Waals surface area contributed by atoms with Gasteiger partial charge in [-0.1, -0.05) is 36.4 Å². The Balaban J connectivity index is 2.16. The van der Waals surface area contributed by atoms with Gasteiger partial charge in [0, 0.05) is 29.8 Å². The van der Waals surface area contributed by atoms with Gasteiger partial charge >= 0.3 is 16.2 Å². The highest BCUT2D eigenvalue weighted by atomic mass is 32.2. The van der Waals surface area contributed by atoms with Gasteiger partial charge in [0.05, 0.1) is 7.11 Å². The highest BCUT2D eigenvalue weighted by Crippen LogP contribution is 2.38. The number of halogens is 3. The second kappa shape index (κ2) is 9.07. The van der Waals surface area contributed by atoms with Crippen molar-refractivity contribution in [2.24, 2.45) is 5.73 Å². The van der Waals surface area contributed by atoms with Crippen molar-refractivity contribution in [3.05, 3.63) is 83.6 Å². The molecule has 0 aromatic heterocycles. The van der Waals surface area contributed by atoms with Crippen LogP contribution in [0.5, 0.6) is 5.75 Å². The zero-order chi connectivity index (χ0) is 23.6. The normalized spacial score (nSPS) is 20.0. The number of methoxy groups -OCH3 is 1. The number of nitrogens with zero attached hydrogens (tertiary/aromatic N) is 1. The Morgan fingerprint density at radius 2 is 1.91 bits per heavy atom. The molecule has 0 saturated heterocycles. The summed E-state index contributed by atoms with van der Waals surface area (Å²) in [5, 5.41) is 10.9. The molecule has 10 heteroatoms. The predicted molar refractivity (Wildman–Crippen MR) is 116 cm³/mol. The molecule has 0 saturated carbocycles. The third-order valence-corrected chi connectivity index (χ3v) is 7.37. The minimum Gasteiger partial charge on any atom is -0.496 e. The van der Waals surface area contributed by atoms with Gasteiger partial charge in [0.1, 0.15) is 24.6 Å². The highest BCUT2D eigenvalue weighted by molar-refractivity contribution is 7.91. The summed E-state index contributed by atoms with van der Waals surface area (Å²) < 4.78 is 69.9. The van der Waals surface area contributed by atoms with Gasteiger partial charge in [0.2, 0.25) is 0 Å². The molecule has 3 rings (SSSR count). The van der Waals surface area contributed by atoms with E-state index in [2.05, 4.69) is 0 Å². The van der Waals surface area contributed by atoms with Crippen LogP contribution in [0.2, 0.25) is 0 Å². The Morgan fingerprint density at radius 1 is 1.19 bits per heavy atom. The number of quaternary nitrogens is 1. The largest absolute Gasteiger partial charge is 0.496 e. The van der Waals surface area contributed by atoms with E-state index in [1.807, 2.05) is 0 Å². The van der Waals surface area contributed by atoms with Crippen molar-refractivity contribution in [2.75, 3.05) is 26.0 Å². The molecule has 2 aromatic carbocycles. The average molecular weight is 470 g/mol. The summed E-state index contributed by atoms with van der Waals surface area (Å²) in [6, 6.07) is 12.6. The Kier molecular flexibility index (Phi) is 6.80. The van der Waals surface area contributed by atoms with Crippen molar-refractivity contribution in [3.63, 3.8) is 0 Å². The first-order chi connectivity index (χ1) is 15.0. The zero-order valence-electron chi connectivity index (χ0n) is 17.3. The van der Waals surface area contributed by atoms with E-state index in [4.69, 9.17) is 10.5 Å². The third-order valence-electron chi connectivity index (χ3n) is 5.22. The fraction of sp³-hybridized carbons (Fsp3) is 0.273. The second-order valence-electron chi connectivity index (χ2n) is 7.37. The lowest BCUT2D eigenvalue weighted by molar-refractivity contribution is -0.106. The lowest BCUT2D eigenvalue weighted by atomic mass is 10.00. The highest BCUT2D eigenvalue weighted by Gasteiger charge is 2.50. The van der Waals surface area contributed by atoms with Crippen molar-refractivity contribution < 1.29 is 31.4 Å². The maximum atomic E-state index is 13.2. The standard InChI is InChI=1S/C22H24F3N2O4S/c1-31-20-10-3-2-9-19(20)21(28)17-7-4-8-18(12-17)27(11-5-6-16(13-26)14-27)32(29,30)15-22(23,24)25/h2-10,12,14,21,28H,11,13,15,26H2,1H3/q+1. The number of aliphatic hydroxyl groups is 1. The Morgan fingerprint density at radius 3 is 2.56 bits per heavy atom. The first-order valence-electron chi connectivity index (χ1n) is 9.70. The van der Waals surface area contributed by atoms with Gasteiger partial charge in [0.25, 0.3) is 0 Å². The van der Waals surface area contributed by atoms with Crippen LogP contribution in [0.4, 0.5) is 18.9 Å². The number of nitrogens with two attached hydrogens (primary N) is 1. The van der Waals surface area contributed by atoms with Crippen LogP contribution in [0.15, 0.2) is 72.5 Å². The quantitative estimate of drug-likeness (QED) is 0.607. The number of aliphatic hydroxyl groups excluding tert-OH is 1. The van der Waals surface area contributed by atoms with Crippen LogP contribution in [0.25, 0.3) is 0 Å². The number of benzene rings is 2. The summed E-state index contributed by atoms with van der Waals surface area (Å²) >= 11 is 0. The molecule has 172 valence electrons. The number of ether oxygens (including phenoxy) is 1. The first-order valence-corrected chi connectivity index (χ1v) is 11.3. The van der Waals surface area contributed by atoms with Gasteiger partial charge in [-0.15, -0.1) is 0 Å². The zero-order valence-corrected chi connectivity index (χ0v) is 18.1. The van der Waals surface area contributed by atoms with Crippen LogP contribution >= 0.6 is 0 Å². The van der Waals surface area contributed by atoms with Gasteiger partial charge in [-0.25, -0.2) is 0 Å². The Hall–Kier alpha value is -2.66. The topological polar surface area (TPSA) is 89.6 Å². The van der Waals surface area contributed by atoms with E-state index in [1.54, 1.807) is 36.4 Å². The molecule has 32 heavy (non-hydrogen) atoms. The Bertz CT molecular complexity index is 1150. The van der Waals surface area contributed by atoms with Gasteiger partial charge in [-0.05, 0) is 17.7 Å². The summed E-state index contributed by atoms with van der Waals surface area (Å²) in [7, 11) is -3.35. The molecule has 1 aliphatic heterocycles. The van der Waals surface area contributed by atoms with E-state index in [-0.39, 0.29) is 18.8 Å². The maximum Gasteiger partial charge on any atom is 0.408 e. The molecule has 2 unspecified atom stereocenters. The van der Waals surface area contributed by atoms with E-state index in [0.717, 1.165) is 0 Å². The molecular formula is C22H24F3N2O4S+. The van der Waals surface area contributed by atoms with Crippen LogP contribution in [-0.2, 0) is 10.0 Å². The minimum absolute atomic E-state index is 0.0401. The summed E-state index contributed by atoms with van der Waals surface area (Å²) in [6.45, 7) is -0.280. The van der Waals surface area contributed by atoms with Crippen molar-refractivity contribution >= 4 is 15.7 Å². The lowest BCUT2D eigenvalue weighted by Crippen LogP contribution is -2.54. The number of para-hydroxylation sites is 1. The first kappa shape index (κ1) is 24.0.